The molecular weight excluding hydrogens is 991 g/mol. The summed E-state index contributed by atoms with van der Waals surface area (Å²) in [5.74, 6) is 6.28. The third-order valence-electron chi connectivity index (χ3n) is 20.0. The van der Waals surface area contributed by atoms with Crippen LogP contribution < -0.4 is 9.47 Å². The number of carboxylic acids is 1. The lowest BCUT2D eigenvalue weighted by Crippen LogP contribution is -2.28. The molecule has 0 aliphatic heterocycles. The molecule has 6 aliphatic carbocycles. The van der Waals surface area contributed by atoms with E-state index in [4.69, 9.17) is 19.8 Å². The second-order valence-electron chi connectivity index (χ2n) is 25.3. The number of hydrogen-bond donors (Lipinski definition) is 7. The zero-order valence-corrected chi connectivity index (χ0v) is 48.7. The van der Waals surface area contributed by atoms with Crippen LogP contribution in [0.1, 0.15) is 196 Å². The van der Waals surface area contributed by atoms with Crippen LogP contribution in [0.3, 0.4) is 0 Å². The number of carbonyl (C=O) groups is 1. The molecule has 0 heterocycles. The third-order valence-corrected chi connectivity index (χ3v) is 20.0. The number of ether oxygens (including phenoxy) is 2. The maximum atomic E-state index is 10.9. The maximum absolute atomic E-state index is 10.9. The molecule has 0 spiro atoms. The lowest BCUT2D eigenvalue weighted by molar-refractivity contribution is -0.139. The van der Waals surface area contributed by atoms with Gasteiger partial charge in [0.15, 0.2) is 13.2 Å². The summed E-state index contributed by atoms with van der Waals surface area (Å²) in [5, 5.41) is 79.9. The highest BCUT2D eigenvalue weighted by molar-refractivity contribution is 5.68. The van der Waals surface area contributed by atoms with Gasteiger partial charge in [-0.1, -0.05) is 122 Å². The number of carboxylic acid groups (broad SMARTS) is 1. The van der Waals surface area contributed by atoms with Crippen LogP contribution in [-0.4, -0.2) is 85.4 Å². The van der Waals surface area contributed by atoms with Crippen molar-refractivity contribution in [2.45, 2.75) is 232 Å². The van der Waals surface area contributed by atoms with Crippen molar-refractivity contribution in [2.75, 3.05) is 13.2 Å². The SMILES string of the molecule is CCCCC[C@@H](O)CCC1[C@H]2Cc3cccc(O)c3CC2C[C@H]1O.CCCCC[C@@H](O)CCC1[C@H]2Cc3cccc(OCC#N)c3CC2C[C@H]1O.CCCCC[C@@H](O)CCC1[C@H]2Cc3cccc(OCC(=O)O)c3CC2C[C@H]1C. The number of nitrogens with zero attached hydrogens (tertiary/aromatic N) is 1. The van der Waals surface area contributed by atoms with E-state index in [0.29, 0.717) is 59.0 Å². The molecule has 79 heavy (non-hydrogen) atoms. The summed E-state index contributed by atoms with van der Waals surface area (Å²) >= 11 is 0. The highest BCUT2D eigenvalue weighted by Crippen LogP contribution is 2.52. The number of fused-ring (bicyclic) bond motifs is 6. The molecule has 15 atom stereocenters. The normalized spacial score (nSPS) is 28.1. The summed E-state index contributed by atoms with van der Waals surface area (Å²) in [6.07, 6.45) is 26.3. The average molecular weight is 1090 g/mol. The van der Waals surface area contributed by atoms with Gasteiger partial charge in [0.1, 0.15) is 23.3 Å². The van der Waals surface area contributed by atoms with Crippen molar-refractivity contribution in [1.29, 1.82) is 5.26 Å². The molecule has 0 bridgehead atoms. The van der Waals surface area contributed by atoms with Gasteiger partial charge < -0.3 is 45.2 Å². The van der Waals surface area contributed by atoms with Gasteiger partial charge in [-0.15, -0.1) is 0 Å². The quantitative estimate of drug-likeness (QED) is 0.0377. The van der Waals surface area contributed by atoms with E-state index in [1.807, 2.05) is 36.4 Å². The Labute approximate surface area is 474 Å². The Hall–Kier alpha value is -4.18. The van der Waals surface area contributed by atoms with Crippen molar-refractivity contribution in [1.82, 2.24) is 0 Å². The van der Waals surface area contributed by atoms with Crippen molar-refractivity contribution < 1.29 is 50.0 Å². The minimum absolute atomic E-state index is 0.0751. The van der Waals surface area contributed by atoms with Gasteiger partial charge in [-0.3, -0.25) is 0 Å². The number of hydrogen-bond acceptors (Lipinski definition) is 10. The molecule has 0 saturated heterocycles. The molecule has 0 amide bonds. The van der Waals surface area contributed by atoms with Gasteiger partial charge in [-0.2, -0.15) is 5.26 Å². The molecule has 3 fully saturated rings. The zero-order chi connectivity index (χ0) is 56.4. The number of aliphatic carboxylic acids is 1. The van der Waals surface area contributed by atoms with E-state index in [1.165, 1.54) is 72.8 Å². The number of aromatic hydroxyl groups is 1. The van der Waals surface area contributed by atoms with Crippen LogP contribution in [0.25, 0.3) is 0 Å². The summed E-state index contributed by atoms with van der Waals surface area (Å²) in [5.41, 5.74) is 7.41. The van der Waals surface area contributed by atoms with Crippen molar-refractivity contribution in [3.05, 3.63) is 88.0 Å². The number of unbranched alkanes of at least 4 members (excludes halogenated alkanes) is 6. The Morgan fingerprint density at radius 2 is 0.962 bits per heavy atom. The predicted octanol–water partition coefficient (Wildman–Crippen LogP) is 12.7. The van der Waals surface area contributed by atoms with E-state index in [-0.39, 0.29) is 49.7 Å². The van der Waals surface area contributed by atoms with Crippen LogP contribution >= 0.6 is 0 Å². The summed E-state index contributed by atoms with van der Waals surface area (Å²) in [6.45, 7) is 8.73. The van der Waals surface area contributed by atoms with E-state index in [0.717, 1.165) is 145 Å². The second-order valence-corrected chi connectivity index (χ2v) is 25.3. The molecular formula is C68H101NO10. The largest absolute Gasteiger partial charge is 0.508 e. The maximum Gasteiger partial charge on any atom is 0.341 e. The first-order valence-corrected chi connectivity index (χ1v) is 31.5. The molecule has 438 valence electrons. The first-order valence-electron chi connectivity index (χ1n) is 31.5. The lowest BCUT2D eigenvalue weighted by Gasteiger charge is -2.33. The van der Waals surface area contributed by atoms with Crippen LogP contribution in [-0.2, 0) is 43.3 Å². The van der Waals surface area contributed by atoms with Gasteiger partial charge in [0, 0.05) is 0 Å². The van der Waals surface area contributed by atoms with Crippen LogP contribution in [0.4, 0.5) is 0 Å². The first-order chi connectivity index (χ1) is 38.2. The first kappa shape index (κ1) is 62.4. The van der Waals surface area contributed by atoms with E-state index in [9.17, 15) is 35.4 Å². The molecule has 0 radical (unpaired) electrons. The molecule has 3 saturated carbocycles. The number of aliphatic hydroxyl groups is 5. The van der Waals surface area contributed by atoms with Crippen LogP contribution in [0, 0.1) is 70.5 Å². The molecule has 3 aromatic carbocycles. The topological polar surface area (TPSA) is 201 Å². The fourth-order valence-electron chi connectivity index (χ4n) is 15.8. The van der Waals surface area contributed by atoms with Crippen LogP contribution in [0.15, 0.2) is 54.6 Å². The van der Waals surface area contributed by atoms with E-state index >= 15 is 0 Å². The Morgan fingerprint density at radius 1 is 0.557 bits per heavy atom. The highest BCUT2D eigenvalue weighted by atomic mass is 16.5. The smallest absolute Gasteiger partial charge is 0.341 e. The fraction of sp³-hybridized carbons (Fsp3) is 0.706. The Kier molecular flexibility index (Phi) is 24.7. The Bertz CT molecular complexity index is 2370. The Morgan fingerprint density at radius 3 is 1.42 bits per heavy atom. The molecule has 0 aromatic heterocycles. The van der Waals surface area contributed by atoms with E-state index < -0.39 is 5.97 Å². The molecule has 11 heteroatoms. The summed E-state index contributed by atoms with van der Waals surface area (Å²) in [7, 11) is 0. The Balaban J connectivity index is 0.000000172. The number of benzene rings is 3. The average Bonchev–Trinajstić information content (AvgIpc) is 4.22. The van der Waals surface area contributed by atoms with Gasteiger partial charge in [0.05, 0.1) is 30.5 Å². The lowest BCUT2D eigenvalue weighted by atomic mass is 9.73. The molecule has 9 rings (SSSR count). The number of nitriles is 1. The van der Waals surface area contributed by atoms with E-state index in [1.54, 1.807) is 6.07 Å². The molecule has 11 nitrogen and oxygen atoms in total. The number of aliphatic hydroxyl groups excluding tert-OH is 5. The van der Waals surface area contributed by atoms with Crippen LogP contribution in [0.2, 0.25) is 0 Å². The number of phenols is 1. The summed E-state index contributed by atoms with van der Waals surface area (Å²) in [4.78, 5) is 10.9. The summed E-state index contributed by atoms with van der Waals surface area (Å²) in [6, 6.07) is 20.0. The van der Waals surface area contributed by atoms with Crippen molar-refractivity contribution >= 4 is 5.97 Å². The number of phenolic OH excluding ortho intramolecular Hbond substituents is 1. The minimum Gasteiger partial charge on any atom is -0.508 e. The predicted molar refractivity (Wildman–Crippen MR) is 312 cm³/mol. The molecule has 3 aromatic rings. The van der Waals surface area contributed by atoms with Crippen molar-refractivity contribution in [3.63, 3.8) is 0 Å². The van der Waals surface area contributed by atoms with Gasteiger partial charge in [-0.05, 0) is 226 Å². The van der Waals surface area contributed by atoms with Gasteiger partial charge in [0.2, 0.25) is 0 Å². The third kappa shape index (κ3) is 17.2. The zero-order valence-electron chi connectivity index (χ0n) is 48.7. The van der Waals surface area contributed by atoms with Crippen LogP contribution in [0.5, 0.6) is 17.2 Å². The monoisotopic (exact) mass is 1090 g/mol. The van der Waals surface area contributed by atoms with Gasteiger partial charge in [-0.25, -0.2) is 4.79 Å². The van der Waals surface area contributed by atoms with Gasteiger partial charge >= 0.3 is 5.97 Å². The van der Waals surface area contributed by atoms with Crippen molar-refractivity contribution in [2.24, 2.45) is 59.2 Å². The van der Waals surface area contributed by atoms with Gasteiger partial charge in [0.25, 0.3) is 0 Å². The summed E-state index contributed by atoms with van der Waals surface area (Å²) < 4.78 is 11.2. The molecule has 6 unspecified atom stereocenters. The molecule has 7 N–H and O–H groups in total. The fourth-order valence-corrected chi connectivity index (χ4v) is 15.8. The standard InChI is InChI=1S/C24H36O4.C23H33NO3.C21H32O3/c1-3-4-5-8-19(25)10-11-20-16(2)12-18-14-22-17(13-21(18)20)7-6-9-23(22)28-15-24(26)27;1-2-3-4-7-18(25)9-10-19-20-13-16-6-5-8-23(27-12-11-24)21(16)14-17(20)15-22(19)26;1-2-3-4-7-16(22)9-10-17-18-11-14-6-5-8-20(23)19(14)12-15(18)13-21(17)24/h6-7,9,16,18-21,25H,3-5,8,10-15H2,1-2H3,(H,26,27);5-6,8,17-20,22,25-26H,2-4,7,9-10,12-15H2,1H3;5-6,8,15-18,21-24H,2-4,7,9-13H2,1H3/t16-,18?,19-,20?,21+;17?,18-,19?,20+,22-;15?,16-,17?,18+,21-/m111/s1. The van der Waals surface area contributed by atoms with Crippen molar-refractivity contribution in [3.8, 4) is 23.3 Å². The highest BCUT2D eigenvalue weighted by Gasteiger charge is 2.47. The second kappa shape index (κ2) is 31.3. The molecule has 6 aliphatic rings. The van der Waals surface area contributed by atoms with E-state index in [2.05, 4.69) is 45.9 Å². The number of rotatable bonds is 26. The minimum atomic E-state index is -0.932.